The van der Waals surface area contributed by atoms with Gasteiger partial charge in [-0.3, -0.25) is 9.59 Å². The van der Waals surface area contributed by atoms with Gasteiger partial charge in [-0.2, -0.15) is 0 Å². The number of Topliss-reactive ketones (excluding diaryl/α,β-unsaturated/α-hetero) is 1. The number of ketones is 1. The number of furan rings is 1. The van der Waals surface area contributed by atoms with E-state index in [4.69, 9.17) is 9.15 Å². The molecule has 2 heterocycles. The van der Waals surface area contributed by atoms with Crippen LogP contribution in [0.2, 0.25) is 0 Å². The fourth-order valence-corrected chi connectivity index (χ4v) is 4.84. The number of ether oxygens (including phenoxy) is 1. The largest absolute Gasteiger partial charge is 0.503 e. The van der Waals surface area contributed by atoms with E-state index in [0.717, 1.165) is 43.6 Å². The van der Waals surface area contributed by atoms with Crippen molar-refractivity contribution in [2.75, 3.05) is 33.3 Å². The third-order valence-corrected chi connectivity index (χ3v) is 6.97. The molecule has 0 aliphatic carbocycles. The number of amides is 1. The Morgan fingerprint density at radius 1 is 1.11 bits per heavy atom. The van der Waals surface area contributed by atoms with Gasteiger partial charge < -0.3 is 24.1 Å². The lowest BCUT2D eigenvalue weighted by molar-refractivity contribution is -0.129. The van der Waals surface area contributed by atoms with Crippen LogP contribution >= 0.6 is 0 Å². The number of carbonyl (C=O) groups excluding carboxylic acids is 2. The van der Waals surface area contributed by atoms with Crippen LogP contribution in [0.1, 0.15) is 54.9 Å². The van der Waals surface area contributed by atoms with E-state index in [2.05, 4.69) is 25.7 Å². The molecule has 0 spiro atoms. The van der Waals surface area contributed by atoms with E-state index in [-0.39, 0.29) is 11.3 Å². The Kier molecular flexibility index (Phi) is 7.79. The van der Waals surface area contributed by atoms with E-state index in [1.807, 2.05) is 36.4 Å². The Morgan fingerprint density at radius 2 is 1.83 bits per heavy atom. The van der Waals surface area contributed by atoms with Gasteiger partial charge in [0.05, 0.1) is 18.7 Å². The molecule has 1 aliphatic rings. The van der Waals surface area contributed by atoms with Crippen molar-refractivity contribution in [1.82, 2.24) is 9.80 Å². The predicted molar refractivity (Wildman–Crippen MR) is 139 cm³/mol. The van der Waals surface area contributed by atoms with Crippen molar-refractivity contribution in [2.24, 2.45) is 0 Å². The number of methoxy groups -OCH3 is 1. The zero-order chi connectivity index (χ0) is 25.8. The van der Waals surface area contributed by atoms with Crippen LogP contribution < -0.4 is 4.74 Å². The zero-order valence-corrected chi connectivity index (χ0v) is 21.4. The molecule has 1 aromatic heterocycles. The first-order chi connectivity index (χ1) is 17.4. The van der Waals surface area contributed by atoms with Gasteiger partial charge in [-0.25, -0.2) is 0 Å². The van der Waals surface area contributed by atoms with E-state index < -0.39 is 23.5 Å². The smallest absolute Gasteiger partial charge is 0.290 e. The van der Waals surface area contributed by atoms with Crippen LogP contribution in [0.25, 0.3) is 11.0 Å². The molecule has 0 bridgehead atoms. The summed E-state index contributed by atoms with van der Waals surface area (Å²) in [6.07, 6.45) is 1.61. The number of fused-ring (bicyclic) bond motifs is 1. The number of benzene rings is 2. The van der Waals surface area contributed by atoms with Crippen LogP contribution in [-0.4, -0.2) is 59.9 Å². The van der Waals surface area contributed by atoms with Gasteiger partial charge in [0.25, 0.3) is 5.91 Å². The summed E-state index contributed by atoms with van der Waals surface area (Å²) in [4.78, 5) is 30.9. The van der Waals surface area contributed by atoms with Gasteiger partial charge >= 0.3 is 0 Å². The molecule has 2 aromatic carbocycles. The fourth-order valence-electron chi connectivity index (χ4n) is 4.84. The molecule has 1 aliphatic heterocycles. The van der Waals surface area contributed by atoms with Crippen molar-refractivity contribution >= 4 is 22.7 Å². The molecule has 0 saturated carbocycles. The van der Waals surface area contributed by atoms with Crippen molar-refractivity contribution in [2.45, 2.75) is 39.7 Å². The van der Waals surface area contributed by atoms with E-state index in [1.54, 1.807) is 17.0 Å². The molecule has 1 atom stereocenters. The Bertz CT molecular complexity index is 1270. The lowest BCUT2D eigenvalue weighted by Crippen LogP contribution is -2.34. The number of nitrogens with zero attached hydrogens (tertiary/aromatic N) is 2. The molecule has 1 unspecified atom stereocenters. The van der Waals surface area contributed by atoms with E-state index in [0.29, 0.717) is 23.3 Å². The molecule has 1 amide bonds. The molecule has 36 heavy (non-hydrogen) atoms. The number of aliphatic hydroxyl groups excluding tert-OH is 1. The van der Waals surface area contributed by atoms with Crippen molar-refractivity contribution in [1.29, 1.82) is 0 Å². The van der Waals surface area contributed by atoms with Crippen LogP contribution in [-0.2, 0) is 11.2 Å². The van der Waals surface area contributed by atoms with E-state index in [9.17, 15) is 14.7 Å². The van der Waals surface area contributed by atoms with Crippen LogP contribution in [0.3, 0.4) is 0 Å². The molecule has 190 valence electrons. The minimum atomic E-state index is -0.692. The SMILES string of the molecule is CCc1ccc(C2C(C(=O)c3cc4cccc(OC)c4o3)=C(O)C(=O)N2CCCN(CC)CC)cc1. The zero-order valence-electron chi connectivity index (χ0n) is 21.4. The molecule has 4 rings (SSSR count). The summed E-state index contributed by atoms with van der Waals surface area (Å²) in [5.41, 5.74) is 2.43. The maximum absolute atomic E-state index is 13.8. The molecule has 7 heteroatoms. The number of aliphatic hydroxyl groups is 1. The second kappa shape index (κ2) is 11.0. The van der Waals surface area contributed by atoms with Gasteiger partial charge in [0.2, 0.25) is 5.78 Å². The summed E-state index contributed by atoms with van der Waals surface area (Å²) in [5, 5.41) is 11.7. The number of hydrogen-bond donors (Lipinski definition) is 1. The van der Waals surface area contributed by atoms with Crippen molar-refractivity contribution in [3.05, 3.63) is 76.8 Å². The maximum atomic E-state index is 13.8. The van der Waals surface area contributed by atoms with Gasteiger partial charge in [-0.05, 0) is 55.7 Å². The Morgan fingerprint density at radius 3 is 2.47 bits per heavy atom. The maximum Gasteiger partial charge on any atom is 0.290 e. The third kappa shape index (κ3) is 4.75. The van der Waals surface area contributed by atoms with E-state index >= 15 is 0 Å². The standard InChI is InChI=1S/C29H34N2O5/c1-5-19-12-14-20(15-13-19)25-24(27(33)29(34)31(25)17-9-16-30(6-2)7-3)26(32)23-18-21-10-8-11-22(35-4)28(21)36-23/h8,10-15,18,25,33H,5-7,9,16-17H2,1-4H3. The number of rotatable bonds is 11. The Balaban J connectivity index is 1.72. The Hall–Kier alpha value is -3.58. The Labute approximate surface area is 211 Å². The van der Waals surface area contributed by atoms with Gasteiger partial charge in [0, 0.05) is 11.9 Å². The molecule has 1 N–H and O–H groups in total. The van der Waals surface area contributed by atoms with E-state index in [1.165, 1.54) is 7.11 Å². The van der Waals surface area contributed by atoms with Crippen molar-refractivity contribution in [3.8, 4) is 5.75 Å². The average Bonchev–Trinajstić information content (AvgIpc) is 3.45. The molecule has 3 aromatic rings. The highest BCUT2D eigenvalue weighted by Crippen LogP contribution is 2.40. The van der Waals surface area contributed by atoms with Gasteiger partial charge in [-0.15, -0.1) is 0 Å². The monoisotopic (exact) mass is 490 g/mol. The molecular weight excluding hydrogens is 456 g/mol. The second-order valence-electron chi connectivity index (χ2n) is 8.96. The van der Waals surface area contributed by atoms with Gasteiger partial charge in [-0.1, -0.05) is 57.2 Å². The van der Waals surface area contributed by atoms with Crippen LogP contribution in [0, 0.1) is 0 Å². The summed E-state index contributed by atoms with van der Waals surface area (Å²) < 4.78 is 11.3. The predicted octanol–water partition coefficient (Wildman–Crippen LogP) is 5.31. The molecule has 0 saturated heterocycles. The fraction of sp³-hybridized carbons (Fsp3) is 0.379. The average molecular weight is 491 g/mol. The quantitative estimate of drug-likeness (QED) is 0.367. The van der Waals surface area contributed by atoms with Crippen molar-refractivity contribution in [3.63, 3.8) is 0 Å². The minimum absolute atomic E-state index is 0.0464. The summed E-state index contributed by atoms with van der Waals surface area (Å²) in [7, 11) is 1.54. The summed E-state index contributed by atoms with van der Waals surface area (Å²) in [6.45, 7) is 9.38. The van der Waals surface area contributed by atoms with Crippen LogP contribution in [0.4, 0.5) is 0 Å². The summed E-state index contributed by atoms with van der Waals surface area (Å²) in [6, 6.07) is 14.2. The first-order valence-electron chi connectivity index (χ1n) is 12.6. The first-order valence-corrected chi connectivity index (χ1v) is 12.6. The van der Waals surface area contributed by atoms with Crippen molar-refractivity contribution < 1.29 is 23.8 Å². The molecular formula is C29H34N2O5. The highest BCUT2D eigenvalue weighted by Gasteiger charge is 2.44. The number of carbonyl (C=O) groups is 2. The normalized spacial score (nSPS) is 16.0. The lowest BCUT2D eigenvalue weighted by Gasteiger charge is -2.28. The highest BCUT2D eigenvalue weighted by molar-refractivity contribution is 6.16. The molecule has 0 fully saturated rings. The molecule has 7 nitrogen and oxygen atoms in total. The summed E-state index contributed by atoms with van der Waals surface area (Å²) >= 11 is 0. The second-order valence-corrected chi connectivity index (χ2v) is 8.96. The first kappa shape index (κ1) is 25.5. The minimum Gasteiger partial charge on any atom is -0.503 e. The summed E-state index contributed by atoms with van der Waals surface area (Å²) in [5.74, 6) is -0.980. The van der Waals surface area contributed by atoms with Gasteiger partial charge in [0.15, 0.2) is 22.9 Å². The topological polar surface area (TPSA) is 83.2 Å². The molecule has 0 radical (unpaired) electrons. The third-order valence-electron chi connectivity index (χ3n) is 6.97. The number of aryl methyl sites for hydroxylation is 1. The lowest BCUT2D eigenvalue weighted by atomic mass is 9.94. The van der Waals surface area contributed by atoms with Gasteiger partial charge in [0.1, 0.15) is 0 Å². The number of hydrogen-bond acceptors (Lipinski definition) is 6. The number of para-hydroxylation sites is 1. The van der Waals surface area contributed by atoms with Crippen LogP contribution in [0.15, 0.2) is 64.3 Å². The van der Waals surface area contributed by atoms with Crippen LogP contribution in [0.5, 0.6) is 5.75 Å². The highest BCUT2D eigenvalue weighted by atomic mass is 16.5.